The molecular weight excluding hydrogens is 381 g/mol. The van der Waals surface area contributed by atoms with Crippen LogP contribution in [0.25, 0.3) is 0 Å². The van der Waals surface area contributed by atoms with Crippen molar-refractivity contribution in [1.29, 1.82) is 0 Å². The summed E-state index contributed by atoms with van der Waals surface area (Å²) in [6, 6.07) is 9.09. The van der Waals surface area contributed by atoms with E-state index >= 15 is 0 Å². The number of rotatable bonds is 6. The molecule has 0 spiro atoms. The Labute approximate surface area is 160 Å². The fourth-order valence-corrected chi connectivity index (χ4v) is 2.29. The summed E-state index contributed by atoms with van der Waals surface area (Å²) >= 11 is 6.15. The molecule has 0 fully saturated rings. The van der Waals surface area contributed by atoms with Crippen LogP contribution in [0.4, 0.5) is 13.2 Å². The van der Waals surface area contributed by atoms with Crippen LogP contribution in [0.15, 0.2) is 47.6 Å². The predicted octanol–water partition coefficient (Wildman–Crippen LogP) is 5.30. The van der Waals surface area contributed by atoms with Crippen LogP contribution < -0.4 is 10.2 Å². The number of hydrogen-bond acceptors (Lipinski definition) is 3. The van der Waals surface area contributed by atoms with Gasteiger partial charge in [0.1, 0.15) is 5.75 Å². The van der Waals surface area contributed by atoms with E-state index in [1.807, 2.05) is 13.8 Å². The number of hydrazone groups is 1. The van der Waals surface area contributed by atoms with Crippen molar-refractivity contribution in [2.75, 3.05) is 0 Å². The number of halogens is 4. The van der Waals surface area contributed by atoms with E-state index in [1.54, 1.807) is 18.2 Å². The maximum Gasteiger partial charge on any atom is 0.416 e. The quantitative estimate of drug-likeness (QED) is 0.530. The second kappa shape index (κ2) is 8.90. The van der Waals surface area contributed by atoms with Gasteiger partial charge in [0.15, 0.2) is 0 Å². The highest BCUT2D eigenvalue weighted by Gasteiger charge is 2.30. The van der Waals surface area contributed by atoms with Gasteiger partial charge in [0.05, 0.1) is 22.9 Å². The summed E-state index contributed by atoms with van der Waals surface area (Å²) in [6.07, 6.45) is -2.32. The number of carbonyl (C=O) groups is 1. The second-order valence-electron chi connectivity index (χ2n) is 5.80. The summed E-state index contributed by atoms with van der Waals surface area (Å²) in [4.78, 5) is 12.0. The molecule has 0 aliphatic heterocycles. The summed E-state index contributed by atoms with van der Waals surface area (Å²) in [6.45, 7) is 3.92. The van der Waals surface area contributed by atoms with Crippen molar-refractivity contribution in [3.63, 3.8) is 0 Å². The molecular formula is C19H18ClF3N2O2. The van der Waals surface area contributed by atoms with Crippen LogP contribution in [0.5, 0.6) is 5.75 Å². The van der Waals surface area contributed by atoms with Gasteiger partial charge in [0, 0.05) is 5.56 Å². The Morgan fingerprint density at radius 3 is 2.67 bits per heavy atom. The Hall–Kier alpha value is -2.54. The zero-order valence-electron chi connectivity index (χ0n) is 14.7. The lowest BCUT2D eigenvalue weighted by atomic mass is 10.1. The minimum atomic E-state index is -4.52. The zero-order chi connectivity index (χ0) is 20.0. The lowest BCUT2D eigenvalue weighted by Gasteiger charge is -2.13. The molecule has 0 bridgehead atoms. The van der Waals surface area contributed by atoms with Crippen molar-refractivity contribution in [1.82, 2.24) is 5.43 Å². The first-order valence-electron chi connectivity index (χ1n) is 8.17. The average Bonchev–Trinajstić information content (AvgIpc) is 2.63. The van der Waals surface area contributed by atoms with E-state index < -0.39 is 17.6 Å². The Kier molecular flexibility index (Phi) is 6.85. The molecule has 0 radical (unpaired) electrons. The van der Waals surface area contributed by atoms with Crippen LogP contribution in [0.3, 0.4) is 0 Å². The molecule has 0 unspecified atom stereocenters. The van der Waals surface area contributed by atoms with E-state index in [0.29, 0.717) is 16.3 Å². The molecule has 0 aromatic heterocycles. The molecule has 2 aromatic rings. The van der Waals surface area contributed by atoms with Crippen LogP contribution in [0, 0.1) is 0 Å². The lowest BCUT2D eigenvalue weighted by molar-refractivity contribution is -0.137. The molecule has 8 heteroatoms. The van der Waals surface area contributed by atoms with Gasteiger partial charge in [-0.1, -0.05) is 24.6 Å². The lowest BCUT2D eigenvalue weighted by Crippen LogP contribution is -2.18. The van der Waals surface area contributed by atoms with Crippen LogP contribution >= 0.6 is 11.6 Å². The van der Waals surface area contributed by atoms with Gasteiger partial charge in [-0.15, -0.1) is 0 Å². The molecule has 144 valence electrons. The number of hydrogen-bond donors (Lipinski definition) is 1. The molecule has 1 N–H and O–H groups in total. The summed E-state index contributed by atoms with van der Waals surface area (Å²) in [5, 5.41) is 4.14. The minimum Gasteiger partial charge on any atom is -0.489 e. The van der Waals surface area contributed by atoms with Crippen molar-refractivity contribution >= 4 is 23.7 Å². The van der Waals surface area contributed by atoms with Gasteiger partial charge in [-0.05, 0) is 55.3 Å². The van der Waals surface area contributed by atoms with E-state index in [2.05, 4.69) is 10.5 Å². The van der Waals surface area contributed by atoms with Gasteiger partial charge in [0.2, 0.25) is 0 Å². The summed E-state index contributed by atoms with van der Waals surface area (Å²) < 4.78 is 43.7. The Bertz CT molecular complexity index is 838. The molecule has 1 amide bonds. The highest BCUT2D eigenvalue weighted by molar-refractivity contribution is 6.32. The Morgan fingerprint density at radius 1 is 1.30 bits per heavy atom. The summed E-state index contributed by atoms with van der Waals surface area (Å²) in [7, 11) is 0. The highest BCUT2D eigenvalue weighted by Crippen LogP contribution is 2.29. The average molecular weight is 399 g/mol. The number of benzene rings is 2. The standard InChI is InChI=1S/C19H18ClF3N2O2/c1-3-12(2)27-17-8-7-13(9-16(17)20)11-24-25-18(26)14-5-4-6-15(10-14)19(21,22)23/h4-12H,3H2,1-2H3,(H,25,26)/b24-11-/t12-/m0/s1. The minimum absolute atomic E-state index is 0.0220. The van der Waals surface area contributed by atoms with E-state index in [4.69, 9.17) is 16.3 Å². The van der Waals surface area contributed by atoms with Gasteiger partial charge in [0.25, 0.3) is 5.91 Å². The summed E-state index contributed by atoms with van der Waals surface area (Å²) in [5.41, 5.74) is 1.75. The fraction of sp³-hybridized carbons (Fsp3) is 0.263. The molecule has 2 rings (SSSR count). The monoisotopic (exact) mass is 398 g/mol. The first kappa shape index (κ1) is 20.8. The molecule has 0 heterocycles. The Balaban J connectivity index is 2.03. The van der Waals surface area contributed by atoms with Crippen LogP contribution in [0.2, 0.25) is 5.02 Å². The fourth-order valence-electron chi connectivity index (χ4n) is 2.06. The van der Waals surface area contributed by atoms with E-state index in [-0.39, 0.29) is 11.7 Å². The second-order valence-corrected chi connectivity index (χ2v) is 6.21. The molecule has 0 saturated carbocycles. The SMILES string of the molecule is CC[C@H](C)Oc1ccc(/C=N\NC(=O)c2cccc(C(F)(F)F)c2)cc1Cl. The van der Waals surface area contributed by atoms with E-state index in [1.165, 1.54) is 12.3 Å². The molecule has 27 heavy (non-hydrogen) atoms. The number of nitrogens with one attached hydrogen (secondary N) is 1. The van der Waals surface area contributed by atoms with Crippen LogP contribution in [-0.2, 0) is 6.18 Å². The third-order valence-electron chi connectivity index (χ3n) is 3.69. The molecule has 0 aliphatic rings. The van der Waals surface area contributed by atoms with Crippen LogP contribution in [0.1, 0.15) is 41.8 Å². The van der Waals surface area contributed by atoms with E-state index in [0.717, 1.165) is 24.6 Å². The molecule has 2 aromatic carbocycles. The van der Waals surface area contributed by atoms with Gasteiger partial charge in [-0.2, -0.15) is 18.3 Å². The molecule has 0 saturated heterocycles. The maximum atomic E-state index is 12.7. The third-order valence-corrected chi connectivity index (χ3v) is 3.99. The largest absolute Gasteiger partial charge is 0.489 e. The van der Waals surface area contributed by atoms with Gasteiger partial charge in [-0.3, -0.25) is 4.79 Å². The van der Waals surface area contributed by atoms with Crippen molar-refractivity contribution in [3.05, 3.63) is 64.2 Å². The van der Waals surface area contributed by atoms with Gasteiger partial charge >= 0.3 is 6.18 Å². The van der Waals surface area contributed by atoms with Gasteiger partial charge in [-0.25, -0.2) is 5.43 Å². The number of nitrogens with zero attached hydrogens (tertiary/aromatic N) is 1. The van der Waals surface area contributed by atoms with E-state index in [9.17, 15) is 18.0 Å². The number of alkyl halides is 3. The molecule has 1 atom stereocenters. The smallest absolute Gasteiger partial charge is 0.416 e. The summed E-state index contributed by atoms with van der Waals surface area (Å²) in [5.74, 6) is -0.212. The first-order chi connectivity index (χ1) is 12.7. The first-order valence-corrected chi connectivity index (χ1v) is 8.55. The predicted molar refractivity (Wildman–Crippen MR) is 98.3 cm³/mol. The normalized spacial score (nSPS) is 12.8. The van der Waals surface area contributed by atoms with Crippen LogP contribution in [-0.4, -0.2) is 18.2 Å². The highest BCUT2D eigenvalue weighted by atomic mass is 35.5. The van der Waals surface area contributed by atoms with Crippen molar-refractivity contribution < 1.29 is 22.7 Å². The van der Waals surface area contributed by atoms with Crippen molar-refractivity contribution in [2.24, 2.45) is 5.10 Å². The van der Waals surface area contributed by atoms with Crippen molar-refractivity contribution in [2.45, 2.75) is 32.5 Å². The Morgan fingerprint density at radius 2 is 2.04 bits per heavy atom. The van der Waals surface area contributed by atoms with Crippen molar-refractivity contribution in [3.8, 4) is 5.75 Å². The number of carbonyl (C=O) groups excluding carboxylic acids is 1. The van der Waals surface area contributed by atoms with Gasteiger partial charge < -0.3 is 4.74 Å². The number of amides is 1. The molecule has 0 aliphatic carbocycles. The third kappa shape index (κ3) is 5.99. The topological polar surface area (TPSA) is 50.7 Å². The zero-order valence-corrected chi connectivity index (χ0v) is 15.4. The number of ether oxygens (including phenoxy) is 1. The molecule has 4 nitrogen and oxygen atoms in total. The maximum absolute atomic E-state index is 12.7.